The molecule has 6 nitrogen and oxygen atoms in total. The summed E-state index contributed by atoms with van der Waals surface area (Å²) in [4.78, 5) is 14.8. The van der Waals surface area contributed by atoms with Gasteiger partial charge in [0.25, 0.3) is 0 Å². The topological polar surface area (TPSA) is 79.5 Å². The number of aromatic nitrogens is 3. The van der Waals surface area contributed by atoms with Crippen LogP contribution in [0.3, 0.4) is 0 Å². The van der Waals surface area contributed by atoms with E-state index in [4.69, 9.17) is 5.11 Å². The maximum Gasteiger partial charge on any atom is 0.308 e. The van der Waals surface area contributed by atoms with Crippen molar-refractivity contribution < 1.29 is 9.90 Å². The SMILES string of the molecule is Cc1cc(NCC(C)C(=O)O)n2ncnc2c1. The average Bonchev–Trinajstić information content (AvgIpc) is 2.72. The molecule has 0 aromatic carbocycles. The van der Waals surface area contributed by atoms with E-state index >= 15 is 0 Å². The van der Waals surface area contributed by atoms with Gasteiger partial charge in [0.05, 0.1) is 5.92 Å². The quantitative estimate of drug-likeness (QED) is 0.830. The molecule has 90 valence electrons. The van der Waals surface area contributed by atoms with Gasteiger partial charge in [0, 0.05) is 6.54 Å². The molecule has 0 aliphatic heterocycles. The van der Waals surface area contributed by atoms with Gasteiger partial charge in [-0.3, -0.25) is 4.79 Å². The van der Waals surface area contributed by atoms with Crippen molar-refractivity contribution in [3.8, 4) is 0 Å². The molecule has 2 rings (SSSR count). The molecule has 2 aromatic rings. The minimum atomic E-state index is -0.819. The number of fused-ring (bicyclic) bond motifs is 1. The van der Waals surface area contributed by atoms with Crippen molar-refractivity contribution in [1.29, 1.82) is 0 Å². The Bertz CT molecular complexity index is 549. The van der Waals surface area contributed by atoms with Crippen LogP contribution >= 0.6 is 0 Å². The van der Waals surface area contributed by atoms with Gasteiger partial charge >= 0.3 is 5.97 Å². The van der Waals surface area contributed by atoms with Crippen molar-refractivity contribution in [1.82, 2.24) is 14.6 Å². The van der Waals surface area contributed by atoms with Crippen LogP contribution < -0.4 is 5.32 Å². The van der Waals surface area contributed by atoms with Crippen molar-refractivity contribution in [3.05, 3.63) is 24.0 Å². The lowest BCUT2D eigenvalue weighted by Crippen LogP contribution is -2.20. The largest absolute Gasteiger partial charge is 0.481 e. The third-order valence-electron chi connectivity index (χ3n) is 2.53. The van der Waals surface area contributed by atoms with E-state index < -0.39 is 11.9 Å². The first kappa shape index (κ1) is 11.4. The number of carboxylic acids is 1. The van der Waals surface area contributed by atoms with Crippen molar-refractivity contribution in [3.63, 3.8) is 0 Å². The number of carbonyl (C=O) groups is 1. The zero-order valence-electron chi connectivity index (χ0n) is 9.71. The lowest BCUT2D eigenvalue weighted by molar-refractivity contribution is -0.140. The van der Waals surface area contributed by atoms with Crippen LogP contribution in [0.1, 0.15) is 12.5 Å². The van der Waals surface area contributed by atoms with E-state index in [1.807, 2.05) is 19.1 Å². The van der Waals surface area contributed by atoms with E-state index in [0.29, 0.717) is 6.54 Å². The number of anilines is 1. The van der Waals surface area contributed by atoms with Gasteiger partial charge in [0.2, 0.25) is 0 Å². The summed E-state index contributed by atoms with van der Waals surface area (Å²) < 4.78 is 1.65. The van der Waals surface area contributed by atoms with Crippen LogP contribution in [0.15, 0.2) is 18.5 Å². The average molecular weight is 234 g/mol. The minimum Gasteiger partial charge on any atom is -0.481 e. The second-order valence-corrected chi connectivity index (χ2v) is 4.07. The van der Waals surface area contributed by atoms with E-state index in [1.54, 1.807) is 11.4 Å². The molecule has 0 amide bonds. The molecule has 0 saturated carbocycles. The summed E-state index contributed by atoms with van der Waals surface area (Å²) >= 11 is 0. The molecular weight excluding hydrogens is 220 g/mol. The highest BCUT2D eigenvalue weighted by Gasteiger charge is 2.11. The zero-order chi connectivity index (χ0) is 12.4. The Morgan fingerprint density at radius 3 is 3.06 bits per heavy atom. The van der Waals surface area contributed by atoms with Crippen LogP contribution in [-0.4, -0.2) is 32.2 Å². The maximum atomic E-state index is 10.7. The normalized spacial score (nSPS) is 12.6. The van der Waals surface area contributed by atoms with Gasteiger partial charge in [-0.25, -0.2) is 4.98 Å². The van der Waals surface area contributed by atoms with E-state index in [9.17, 15) is 4.79 Å². The number of aliphatic carboxylic acids is 1. The number of rotatable bonds is 4. The summed E-state index contributed by atoms with van der Waals surface area (Å²) in [5.41, 5.74) is 1.80. The molecule has 0 radical (unpaired) electrons. The molecule has 2 heterocycles. The Morgan fingerprint density at radius 2 is 2.35 bits per heavy atom. The molecule has 0 saturated heterocycles. The van der Waals surface area contributed by atoms with Gasteiger partial charge in [-0.2, -0.15) is 9.61 Å². The molecular formula is C11H14N4O2. The third-order valence-corrected chi connectivity index (χ3v) is 2.53. The molecule has 0 fully saturated rings. The molecule has 17 heavy (non-hydrogen) atoms. The Hall–Kier alpha value is -2.11. The summed E-state index contributed by atoms with van der Waals surface area (Å²) in [5.74, 6) is -0.514. The first-order valence-corrected chi connectivity index (χ1v) is 5.35. The standard InChI is InChI=1S/C11H14N4O2/c1-7-3-9(12-5-8(2)11(16)17)15-10(4-7)13-6-14-15/h3-4,6,8,12H,5H2,1-2H3,(H,16,17). The highest BCUT2D eigenvalue weighted by atomic mass is 16.4. The molecule has 2 N–H and O–H groups in total. The number of aryl methyl sites for hydroxylation is 1. The number of hydrogen-bond acceptors (Lipinski definition) is 4. The Balaban J connectivity index is 2.23. The van der Waals surface area contributed by atoms with Crippen LogP contribution in [0.4, 0.5) is 5.82 Å². The van der Waals surface area contributed by atoms with Gasteiger partial charge in [-0.05, 0) is 24.6 Å². The minimum absolute atomic E-state index is 0.355. The highest BCUT2D eigenvalue weighted by molar-refractivity contribution is 5.70. The first-order valence-electron chi connectivity index (χ1n) is 5.35. The maximum absolute atomic E-state index is 10.7. The van der Waals surface area contributed by atoms with Crippen molar-refractivity contribution in [2.24, 2.45) is 5.92 Å². The van der Waals surface area contributed by atoms with E-state index in [2.05, 4.69) is 15.4 Å². The van der Waals surface area contributed by atoms with E-state index in [1.165, 1.54) is 6.33 Å². The highest BCUT2D eigenvalue weighted by Crippen LogP contribution is 2.13. The predicted molar refractivity (Wildman–Crippen MR) is 63.0 cm³/mol. The van der Waals surface area contributed by atoms with Gasteiger partial charge in [-0.15, -0.1) is 0 Å². The second kappa shape index (κ2) is 4.40. The van der Waals surface area contributed by atoms with Gasteiger partial charge < -0.3 is 10.4 Å². The van der Waals surface area contributed by atoms with Crippen molar-refractivity contribution in [2.75, 3.05) is 11.9 Å². The summed E-state index contributed by atoms with van der Waals surface area (Å²) in [6, 6.07) is 3.83. The van der Waals surface area contributed by atoms with Crippen molar-refractivity contribution in [2.45, 2.75) is 13.8 Å². The van der Waals surface area contributed by atoms with Crippen LogP contribution in [0.25, 0.3) is 5.65 Å². The summed E-state index contributed by atoms with van der Waals surface area (Å²) in [7, 11) is 0. The molecule has 2 aromatic heterocycles. The number of carboxylic acid groups (broad SMARTS) is 1. The molecule has 0 aliphatic carbocycles. The summed E-state index contributed by atoms with van der Waals surface area (Å²) in [6.07, 6.45) is 1.47. The van der Waals surface area contributed by atoms with Gasteiger partial charge in [0.1, 0.15) is 12.1 Å². The fraction of sp³-hybridized carbons (Fsp3) is 0.364. The molecule has 6 heteroatoms. The van der Waals surface area contributed by atoms with Crippen LogP contribution in [0.2, 0.25) is 0 Å². The molecule has 0 aliphatic rings. The second-order valence-electron chi connectivity index (χ2n) is 4.07. The molecule has 1 atom stereocenters. The third kappa shape index (κ3) is 2.35. The zero-order valence-corrected chi connectivity index (χ0v) is 9.71. The van der Waals surface area contributed by atoms with E-state index in [-0.39, 0.29) is 0 Å². The van der Waals surface area contributed by atoms with E-state index in [0.717, 1.165) is 17.0 Å². The van der Waals surface area contributed by atoms with Gasteiger partial charge in [0.15, 0.2) is 5.65 Å². The Morgan fingerprint density at radius 1 is 1.59 bits per heavy atom. The van der Waals surface area contributed by atoms with Crippen LogP contribution in [0.5, 0.6) is 0 Å². The predicted octanol–water partition coefficient (Wildman–Crippen LogP) is 1.17. The fourth-order valence-corrected chi connectivity index (χ4v) is 1.53. The number of nitrogens with zero attached hydrogens (tertiary/aromatic N) is 3. The number of nitrogens with one attached hydrogen (secondary N) is 1. The lowest BCUT2D eigenvalue weighted by Gasteiger charge is -2.11. The number of hydrogen-bond donors (Lipinski definition) is 2. The monoisotopic (exact) mass is 234 g/mol. The number of pyridine rings is 1. The van der Waals surface area contributed by atoms with Gasteiger partial charge in [-0.1, -0.05) is 6.92 Å². The Kier molecular flexibility index (Phi) is 2.95. The molecule has 0 spiro atoms. The molecule has 0 bridgehead atoms. The fourth-order valence-electron chi connectivity index (χ4n) is 1.53. The Labute approximate surface area is 98.3 Å². The smallest absolute Gasteiger partial charge is 0.308 e. The summed E-state index contributed by atoms with van der Waals surface area (Å²) in [6.45, 7) is 3.97. The van der Waals surface area contributed by atoms with Crippen LogP contribution in [-0.2, 0) is 4.79 Å². The van der Waals surface area contributed by atoms with Crippen LogP contribution in [0, 0.1) is 12.8 Å². The lowest BCUT2D eigenvalue weighted by atomic mass is 10.2. The first-order chi connectivity index (χ1) is 8.08. The summed E-state index contributed by atoms with van der Waals surface area (Å²) in [5, 5.41) is 16.0. The molecule has 1 unspecified atom stereocenters. The van der Waals surface area contributed by atoms with Crippen molar-refractivity contribution >= 4 is 17.4 Å².